The number of carboxylic acids is 1. The molecule has 4 heteroatoms. The third kappa shape index (κ3) is 1.89. The molecule has 0 saturated carbocycles. The van der Waals surface area contributed by atoms with Gasteiger partial charge in [-0.1, -0.05) is 23.7 Å². The lowest BCUT2D eigenvalue weighted by Gasteiger charge is -2.22. The number of carboxylic acid groups (broad SMARTS) is 1. The Morgan fingerprint density at radius 3 is 2.29 bits per heavy atom. The van der Waals surface area contributed by atoms with E-state index in [1.165, 1.54) is 6.92 Å². The minimum absolute atomic E-state index is 0.441. The zero-order chi connectivity index (χ0) is 10.8. The minimum atomic E-state index is -1.26. The van der Waals surface area contributed by atoms with Crippen LogP contribution in [0.1, 0.15) is 12.5 Å². The molecule has 0 heterocycles. The van der Waals surface area contributed by atoms with Gasteiger partial charge in [-0.15, -0.1) is 0 Å². The maximum Gasteiger partial charge on any atom is 0.316 e. The SMILES string of the molecule is CC(CO)(C(=O)O)c1ccc(Cl)cc1. The van der Waals surface area contributed by atoms with E-state index >= 15 is 0 Å². The standard InChI is InChI=1S/C10H11ClO3/c1-10(6-12,9(13)14)7-2-4-8(11)5-3-7/h2-5,12H,6H2,1H3,(H,13,14). The molecular weight excluding hydrogens is 204 g/mol. The van der Waals surface area contributed by atoms with Gasteiger partial charge < -0.3 is 10.2 Å². The number of hydrogen-bond donors (Lipinski definition) is 2. The molecule has 0 amide bonds. The van der Waals surface area contributed by atoms with Crippen LogP contribution >= 0.6 is 11.6 Å². The highest BCUT2D eigenvalue weighted by Crippen LogP contribution is 2.24. The first-order chi connectivity index (χ1) is 6.50. The molecule has 1 aromatic carbocycles. The summed E-state index contributed by atoms with van der Waals surface area (Å²) in [6, 6.07) is 6.42. The Bertz CT molecular complexity index is 334. The summed E-state index contributed by atoms with van der Waals surface area (Å²) >= 11 is 5.67. The molecule has 76 valence electrons. The van der Waals surface area contributed by atoms with Crippen molar-refractivity contribution in [2.45, 2.75) is 12.3 Å². The highest BCUT2D eigenvalue weighted by atomic mass is 35.5. The number of aliphatic carboxylic acids is 1. The van der Waals surface area contributed by atoms with Crippen molar-refractivity contribution in [3.8, 4) is 0 Å². The first-order valence-electron chi connectivity index (χ1n) is 4.11. The molecule has 0 spiro atoms. The van der Waals surface area contributed by atoms with Crippen molar-refractivity contribution in [1.82, 2.24) is 0 Å². The zero-order valence-corrected chi connectivity index (χ0v) is 8.45. The number of hydrogen-bond acceptors (Lipinski definition) is 2. The second-order valence-corrected chi connectivity index (χ2v) is 3.74. The molecule has 0 fully saturated rings. The second-order valence-electron chi connectivity index (χ2n) is 3.30. The maximum atomic E-state index is 10.9. The average molecular weight is 215 g/mol. The first kappa shape index (κ1) is 11.0. The van der Waals surface area contributed by atoms with Gasteiger partial charge in [-0.05, 0) is 24.6 Å². The molecule has 0 aliphatic heterocycles. The summed E-state index contributed by atoms with van der Waals surface area (Å²) in [4.78, 5) is 10.9. The largest absolute Gasteiger partial charge is 0.481 e. The van der Waals surface area contributed by atoms with E-state index in [0.717, 1.165) is 0 Å². The predicted molar refractivity (Wildman–Crippen MR) is 53.5 cm³/mol. The molecule has 0 saturated heterocycles. The Balaban J connectivity index is 3.13. The van der Waals surface area contributed by atoms with Crippen LogP contribution in [0.25, 0.3) is 0 Å². The Hall–Kier alpha value is -1.06. The van der Waals surface area contributed by atoms with Crippen LogP contribution in [0.5, 0.6) is 0 Å². The van der Waals surface area contributed by atoms with E-state index in [9.17, 15) is 4.79 Å². The van der Waals surface area contributed by atoms with Gasteiger partial charge in [0.05, 0.1) is 6.61 Å². The van der Waals surface area contributed by atoms with Crippen molar-refractivity contribution in [2.24, 2.45) is 0 Å². The molecule has 0 aliphatic rings. The number of benzene rings is 1. The van der Waals surface area contributed by atoms with Gasteiger partial charge in [-0.3, -0.25) is 4.79 Å². The van der Waals surface area contributed by atoms with Crippen LogP contribution in [-0.2, 0) is 10.2 Å². The maximum absolute atomic E-state index is 10.9. The van der Waals surface area contributed by atoms with E-state index in [1.54, 1.807) is 24.3 Å². The van der Waals surface area contributed by atoms with E-state index in [4.69, 9.17) is 21.8 Å². The lowest BCUT2D eigenvalue weighted by atomic mass is 9.83. The van der Waals surface area contributed by atoms with Crippen LogP contribution in [-0.4, -0.2) is 22.8 Å². The van der Waals surface area contributed by atoms with Crippen LogP contribution in [0.4, 0.5) is 0 Å². The fraction of sp³-hybridized carbons (Fsp3) is 0.300. The average Bonchev–Trinajstić information content (AvgIpc) is 2.17. The van der Waals surface area contributed by atoms with Crippen LogP contribution in [0.2, 0.25) is 5.02 Å². The van der Waals surface area contributed by atoms with Gasteiger partial charge in [0.25, 0.3) is 0 Å². The van der Waals surface area contributed by atoms with Crippen molar-refractivity contribution >= 4 is 17.6 Å². The molecule has 14 heavy (non-hydrogen) atoms. The fourth-order valence-corrected chi connectivity index (χ4v) is 1.23. The monoisotopic (exact) mass is 214 g/mol. The van der Waals surface area contributed by atoms with Crippen molar-refractivity contribution in [1.29, 1.82) is 0 Å². The molecule has 3 nitrogen and oxygen atoms in total. The summed E-state index contributed by atoms with van der Waals surface area (Å²) in [5.41, 5.74) is -0.721. The zero-order valence-electron chi connectivity index (χ0n) is 7.70. The first-order valence-corrected chi connectivity index (χ1v) is 4.49. The fourth-order valence-electron chi connectivity index (χ4n) is 1.10. The second kappa shape index (κ2) is 3.98. The van der Waals surface area contributed by atoms with Crippen LogP contribution in [0.15, 0.2) is 24.3 Å². The molecule has 1 unspecified atom stereocenters. The van der Waals surface area contributed by atoms with Crippen molar-refractivity contribution < 1.29 is 15.0 Å². The minimum Gasteiger partial charge on any atom is -0.481 e. The van der Waals surface area contributed by atoms with Crippen molar-refractivity contribution in [2.75, 3.05) is 6.61 Å². The lowest BCUT2D eigenvalue weighted by molar-refractivity contribution is -0.144. The molecule has 0 aromatic heterocycles. The summed E-state index contributed by atoms with van der Waals surface area (Å²) in [6.07, 6.45) is 0. The summed E-state index contributed by atoms with van der Waals surface area (Å²) in [6.45, 7) is 1.03. The van der Waals surface area contributed by atoms with Gasteiger partial charge in [-0.2, -0.15) is 0 Å². The Kier molecular flexibility index (Phi) is 3.13. The third-order valence-corrected chi connectivity index (χ3v) is 2.52. The van der Waals surface area contributed by atoms with Gasteiger partial charge in [0.15, 0.2) is 0 Å². The van der Waals surface area contributed by atoms with Gasteiger partial charge in [-0.25, -0.2) is 0 Å². The van der Waals surface area contributed by atoms with Gasteiger partial charge in [0, 0.05) is 5.02 Å². The third-order valence-electron chi connectivity index (χ3n) is 2.27. The van der Waals surface area contributed by atoms with Crippen molar-refractivity contribution in [3.05, 3.63) is 34.9 Å². The summed E-state index contributed by atoms with van der Waals surface area (Å²) in [5.74, 6) is -1.05. The van der Waals surface area contributed by atoms with Gasteiger partial charge in [0.1, 0.15) is 5.41 Å². The predicted octanol–water partition coefficient (Wildman–Crippen LogP) is 1.67. The van der Waals surface area contributed by atoms with Crippen LogP contribution in [0, 0.1) is 0 Å². The number of halogens is 1. The molecular formula is C10H11ClO3. The van der Waals surface area contributed by atoms with E-state index in [2.05, 4.69) is 0 Å². The Morgan fingerprint density at radius 1 is 1.43 bits per heavy atom. The molecule has 1 atom stereocenters. The smallest absolute Gasteiger partial charge is 0.316 e. The van der Waals surface area contributed by atoms with E-state index in [-0.39, 0.29) is 0 Å². The van der Waals surface area contributed by atoms with Gasteiger partial charge in [0.2, 0.25) is 0 Å². The Labute approximate surface area is 86.9 Å². The number of carbonyl (C=O) groups is 1. The number of rotatable bonds is 3. The van der Waals surface area contributed by atoms with Crippen LogP contribution < -0.4 is 0 Å². The lowest BCUT2D eigenvalue weighted by Crippen LogP contribution is -2.36. The molecule has 0 bridgehead atoms. The number of aliphatic hydroxyl groups is 1. The summed E-state index contributed by atoms with van der Waals surface area (Å²) in [7, 11) is 0. The van der Waals surface area contributed by atoms with E-state index < -0.39 is 18.0 Å². The van der Waals surface area contributed by atoms with Gasteiger partial charge >= 0.3 is 5.97 Å². The summed E-state index contributed by atoms with van der Waals surface area (Å²) in [5, 5.41) is 18.6. The topological polar surface area (TPSA) is 57.5 Å². The Morgan fingerprint density at radius 2 is 1.93 bits per heavy atom. The number of aliphatic hydroxyl groups excluding tert-OH is 1. The highest BCUT2D eigenvalue weighted by Gasteiger charge is 2.34. The molecule has 0 radical (unpaired) electrons. The quantitative estimate of drug-likeness (QED) is 0.805. The summed E-state index contributed by atoms with van der Waals surface area (Å²) < 4.78 is 0. The van der Waals surface area contributed by atoms with E-state index in [0.29, 0.717) is 10.6 Å². The normalized spacial score (nSPS) is 14.8. The van der Waals surface area contributed by atoms with Crippen LogP contribution in [0.3, 0.4) is 0 Å². The molecule has 2 N–H and O–H groups in total. The molecule has 1 aromatic rings. The molecule has 1 rings (SSSR count). The molecule has 0 aliphatic carbocycles. The highest BCUT2D eigenvalue weighted by molar-refractivity contribution is 6.30. The van der Waals surface area contributed by atoms with Crippen molar-refractivity contribution in [3.63, 3.8) is 0 Å². The van der Waals surface area contributed by atoms with E-state index in [1.807, 2.05) is 0 Å².